The summed E-state index contributed by atoms with van der Waals surface area (Å²) in [6.07, 6.45) is 9.83. The average molecular weight is 463 g/mol. The van der Waals surface area contributed by atoms with Crippen molar-refractivity contribution in [2.24, 2.45) is 0 Å². The summed E-state index contributed by atoms with van der Waals surface area (Å²) >= 11 is 5.64. The molecule has 1 aromatic rings. The van der Waals surface area contributed by atoms with E-state index in [4.69, 9.17) is 4.18 Å². The second kappa shape index (κ2) is 16.6. The first-order valence-electron chi connectivity index (χ1n) is 7.43. The van der Waals surface area contributed by atoms with Crippen molar-refractivity contribution in [3.63, 3.8) is 0 Å². The Morgan fingerprint density at radius 2 is 1.87 bits per heavy atom. The Labute approximate surface area is 163 Å². The van der Waals surface area contributed by atoms with Crippen LogP contribution in [0.3, 0.4) is 0 Å². The van der Waals surface area contributed by atoms with E-state index in [0.29, 0.717) is 0 Å². The second-order valence-corrected chi connectivity index (χ2v) is 5.91. The highest BCUT2D eigenvalue weighted by molar-refractivity contribution is 14.2. The Kier molecular flexibility index (Phi) is 16.5. The molecule has 1 atom stereocenters. The maximum absolute atomic E-state index is 5.65. The van der Waals surface area contributed by atoms with Gasteiger partial charge in [-0.1, -0.05) is 61.7 Å². The summed E-state index contributed by atoms with van der Waals surface area (Å²) in [7, 11) is 1.32. The third kappa shape index (κ3) is 10.3. The average Bonchev–Trinajstić information content (AvgIpc) is 3.20. The van der Waals surface area contributed by atoms with Gasteiger partial charge < -0.3 is 5.32 Å². The first kappa shape index (κ1) is 22.8. The molecule has 1 heterocycles. The third-order valence-corrected chi connectivity index (χ3v) is 3.93. The van der Waals surface area contributed by atoms with Crippen molar-refractivity contribution in [1.29, 1.82) is 0 Å². The Morgan fingerprint density at radius 3 is 2.26 bits per heavy atom. The Balaban J connectivity index is 0.000000574. The van der Waals surface area contributed by atoms with E-state index in [9.17, 15) is 0 Å². The van der Waals surface area contributed by atoms with E-state index in [-0.39, 0.29) is 6.10 Å². The standard InChI is InChI=1S/C13H13IOS.C4H9N.CH4S/c1-3-8-11(4-2)13(15-16-14)12-9-6-5-7-10-12;1-2-4-5-3-1;1-2/h3-10,13H,1-2H2;5H,1-4H2;2H,1H3/b11-8+;;. The van der Waals surface area contributed by atoms with E-state index in [1.807, 2.05) is 36.4 Å². The van der Waals surface area contributed by atoms with Crippen LogP contribution in [-0.4, -0.2) is 19.3 Å². The molecule has 2 rings (SSSR count). The smallest absolute Gasteiger partial charge is 0.123 e. The molecule has 1 saturated heterocycles. The number of halogens is 1. The number of allylic oxidation sites excluding steroid dienone is 2. The molecule has 5 heteroatoms. The van der Waals surface area contributed by atoms with Crippen LogP contribution in [-0.2, 0) is 4.18 Å². The van der Waals surface area contributed by atoms with Crippen molar-refractivity contribution in [3.05, 3.63) is 72.9 Å². The fraction of sp³-hybridized carbons (Fsp3) is 0.333. The molecular formula is C18H26INOS2. The first-order chi connectivity index (χ1) is 11.3. The molecule has 1 N–H and O–H groups in total. The summed E-state index contributed by atoms with van der Waals surface area (Å²) in [6, 6.07) is 10.1. The van der Waals surface area contributed by atoms with Gasteiger partial charge in [0, 0.05) is 21.2 Å². The van der Waals surface area contributed by atoms with Crippen LogP contribution in [0.5, 0.6) is 0 Å². The van der Waals surface area contributed by atoms with Crippen LogP contribution in [0.15, 0.2) is 67.3 Å². The molecule has 1 unspecified atom stereocenters. The van der Waals surface area contributed by atoms with E-state index in [0.717, 1.165) is 11.1 Å². The monoisotopic (exact) mass is 463 g/mol. The zero-order valence-electron chi connectivity index (χ0n) is 13.6. The van der Waals surface area contributed by atoms with Crippen molar-refractivity contribution in [1.82, 2.24) is 5.32 Å². The molecule has 23 heavy (non-hydrogen) atoms. The van der Waals surface area contributed by atoms with Crippen molar-refractivity contribution >= 4 is 43.0 Å². The normalized spacial score (nSPS) is 14.7. The molecule has 0 radical (unpaired) electrons. The van der Waals surface area contributed by atoms with Gasteiger partial charge in [0.05, 0.1) is 9.21 Å². The molecule has 0 bridgehead atoms. The van der Waals surface area contributed by atoms with Gasteiger partial charge in [-0.15, -0.1) is 0 Å². The van der Waals surface area contributed by atoms with Gasteiger partial charge in [-0.3, -0.25) is 4.18 Å². The molecule has 1 aliphatic rings. The summed E-state index contributed by atoms with van der Waals surface area (Å²) in [5.74, 6) is 0. The molecule has 1 fully saturated rings. The summed E-state index contributed by atoms with van der Waals surface area (Å²) in [5.41, 5.74) is 2.12. The minimum atomic E-state index is -0.0985. The molecule has 1 aliphatic heterocycles. The van der Waals surface area contributed by atoms with Gasteiger partial charge in [0.25, 0.3) is 0 Å². The van der Waals surface area contributed by atoms with Gasteiger partial charge in [0.15, 0.2) is 0 Å². The lowest BCUT2D eigenvalue weighted by atomic mass is 10.0. The van der Waals surface area contributed by atoms with Crippen molar-refractivity contribution in [2.45, 2.75) is 18.9 Å². The summed E-state index contributed by atoms with van der Waals surface area (Å²) in [4.78, 5) is 0. The van der Waals surface area contributed by atoms with Crippen LogP contribution in [0.25, 0.3) is 0 Å². The fourth-order valence-corrected chi connectivity index (χ4v) is 2.91. The first-order valence-corrected chi connectivity index (χ1v) is 11.6. The molecule has 0 spiro atoms. The van der Waals surface area contributed by atoms with Gasteiger partial charge in [-0.2, -0.15) is 12.6 Å². The third-order valence-electron chi connectivity index (χ3n) is 3.04. The van der Waals surface area contributed by atoms with Crippen LogP contribution >= 0.6 is 43.0 Å². The molecular weight excluding hydrogens is 437 g/mol. The van der Waals surface area contributed by atoms with Crippen molar-refractivity contribution in [2.75, 3.05) is 19.3 Å². The summed E-state index contributed by atoms with van der Waals surface area (Å²) < 4.78 is 5.65. The van der Waals surface area contributed by atoms with Gasteiger partial charge in [0.2, 0.25) is 0 Å². The number of nitrogens with one attached hydrogen (secondary N) is 1. The van der Waals surface area contributed by atoms with Crippen LogP contribution in [0.1, 0.15) is 24.5 Å². The quantitative estimate of drug-likeness (QED) is 0.235. The molecule has 128 valence electrons. The predicted octanol–water partition coefficient (Wildman–Crippen LogP) is 5.96. The highest BCUT2D eigenvalue weighted by Crippen LogP contribution is 2.32. The molecule has 2 nitrogen and oxygen atoms in total. The maximum Gasteiger partial charge on any atom is 0.123 e. The maximum atomic E-state index is 5.65. The van der Waals surface area contributed by atoms with Crippen molar-refractivity contribution in [3.8, 4) is 0 Å². The topological polar surface area (TPSA) is 21.3 Å². The molecule has 0 amide bonds. The van der Waals surface area contributed by atoms with E-state index < -0.39 is 0 Å². The molecule has 0 saturated carbocycles. The zero-order valence-corrected chi connectivity index (χ0v) is 17.4. The summed E-state index contributed by atoms with van der Waals surface area (Å²) in [5, 5.41) is 3.22. The highest BCUT2D eigenvalue weighted by atomic mass is 127. The SMILES string of the molecule is C1CCNC1.C=C/C=C(\C=C)C(OSI)c1ccccc1.CS. The lowest BCUT2D eigenvalue weighted by Crippen LogP contribution is -2.03. The minimum absolute atomic E-state index is 0.0985. The largest absolute Gasteiger partial charge is 0.317 e. The lowest BCUT2D eigenvalue weighted by molar-refractivity contribution is 0.301. The molecule has 1 aromatic carbocycles. The predicted molar refractivity (Wildman–Crippen MR) is 117 cm³/mol. The van der Waals surface area contributed by atoms with Crippen LogP contribution < -0.4 is 5.32 Å². The van der Waals surface area contributed by atoms with E-state index in [1.165, 1.54) is 35.1 Å². The second-order valence-electron chi connectivity index (χ2n) is 4.51. The number of hydrogen-bond acceptors (Lipinski definition) is 4. The Hall–Kier alpha value is -0.210. The van der Waals surface area contributed by atoms with E-state index in [1.54, 1.807) is 18.4 Å². The van der Waals surface area contributed by atoms with Gasteiger partial charge in [0.1, 0.15) is 6.10 Å². The van der Waals surface area contributed by atoms with E-state index in [2.05, 4.69) is 52.3 Å². The zero-order chi connectivity index (χ0) is 17.3. The molecule has 0 aromatic heterocycles. The Morgan fingerprint density at radius 1 is 1.26 bits per heavy atom. The van der Waals surface area contributed by atoms with Crippen LogP contribution in [0.2, 0.25) is 0 Å². The fourth-order valence-electron chi connectivity index (χ4n) is 1.99. The number of hydrogen-bond donors (Lipinski definition) is 2. The number of thiol groups is 1. The number of benzene rings is 1. The number of rotatable bonds is 6. The molecule has 0 aliphatic carbocycles. The van der Waals surface area contributed by atoms with Gasteiger partial charge in [-0.25, -0.2) is 0 Å². The van der Waals surface area contributed by atoms with Crippen LogP contribution in [0, 0.1) is 0 Å². The van der Waals surface area contributed by atoms with E-state index >= 15 is 0 Å². The lowest BCUT2D eigenvalue weighted by Gasteiger charge is -2.16. The van der Waals surface area contributed by atoms with Crippen LogP contribution in [0.4, 0.5) is 0 Å². The highest BCUT2D eigenvalue weighted by Gasteiger charge is 2.14. The summed E-state index contributed by atoms with van der Waals surface area (Å²) in [6.45, 7) is 10.00. The van der Waals surface area contributed by atoms with Gasteiger partial charge in [-0.05, 0) is 43.3 Å². The van der Waals surface area contributed by atoms with Gasteiger partial charge >= 0.3 is 0 Å². The Bertz CT molecular complexity index is 440. The van der Waals surface area contributed by atoms with Crippen molar-refractivity contribution < 1.29 is 4.18 Å². The minimum Gasteiger partial charge on any atom is -0.317 e.